The van der Waals surface area contributed by atoms with Crippen molar-refractivity contribution in [3.8, 4) is 0 Å². The molecule has 1 heterocycles. The van der Waals surface area contributed by atoms with Crippen LogP contribution in [0.2, 0.25) is 0 Å². The van der Waals surface area contributed by atoms with Gasteiger partial charge in [0.05, 0.1) is 11.5 Å². The standard InChI is InChI=1S/C8H10N2.C2H6/c1-6(2)4-8-7(3)5-9-10-8;1-2/h4-5,10H,1,3H2,2H3;1-2H3/b8-4+;. The number of aromatic nitrogens is 2. The first-order chi connectivity index (χ1) is 5.70. The fraction of sp³-hybridized carbons (Fsp3) is 0.300. The lowest BCUT2D eigenvalue weighted by molar-refractivity contribution is 1.06. The van der Waals surface area contributed by atoms with Crippen LogP contribution < -0.4 is 10.6 Å². The lowest BCUT2D eigenvalue weighted by atomic mass is 10.3. The highest BCUT2D eigenvalue weighted by Crippen LogP contribution is 1.83. The predicted molar refractivity (Wildman–Crippen MR) is 54.0 cm³/mol. The Morgan fingerprint density at radius 2 is 2.17 bits per heavy atom. The number of rotatable bonds is 1. The van der Waals surface area contributed by atoms with Gasteiger partial charge in [0.1, 0.15) is 0 Å². The van der Waals surface area contributed by atoms with Crippen molar-refractivity contribution in [1.29, 1.82) is 0 Å². The first kappa shape index (κ1) is 10.7. The van der Waals surface area contributed by atoms with Gasteiger partial charge in [0, 0.05) is 5.22 Å². The summed E-state index contributed by atoms with van der Waals surface area (Å²) < 4.78 is 0. The summed E-state index contributed by atoms with van der Waals surface area (Å²) in [5.74, 6) is 0. The van der Waals surface area contributed by atoms with E-state index in [1.807, 2.05) is 26.8 Å². The van der Waals surface area contributed by atoms with Gasteiger partial charge in [-0.3, -0.25) is 5.10 Å². The van der Waals surface area contributed by atoms with Crippen LogP contribution in [0, 0.1) is 0 Å². The van der Waals surface area contributed by atoms with Gasteiger partial charge in [-0.1, -0.05) is 32.6 Å². The maximum absolute atomic E-state index is 3.81. The average Bonchev–Trinajstić information content (AvgIpc) is 2.40. The molecule has 0 aliphatic rings. The Balaban J connectivity index is 0.000000561. The molecule has 2 nitrogen and oxygen atoms in total. The van der Waals surface area contributed by atoms with Gasteiger partial charge in [-0.05, 0) is 13.0 Å². The summed E-state index contributed by atoms with van der Waals surface area (Å²) in [5.41, 5.74) is 0.995. The summed E-state index contributed by atoms with van der Waals surface area (Å²) in [6.45, 7) is 13.4. The van der Waals surface area contributed by atoms with Crippen molar-refractivity contribution < 1.29 is 0 Å². The zero-order valence-corrected chi connectivity index (χ0v) is 8.02. The quantitative estimate of drug-likeness (QED) is 0.664. The molecule has 0 atom stereocenters. The molecule has 0 aromatic carbocycles. The number of aromatic amines is 1. The van der Waals surface area contributed by atoms with Crippen LogP contribution in [0.1, 0.15) is 20.8 Å². The van der Waals surface area contributed by atoms with Crippen LogP contribution in [0.5, 0.6) is 0 Å². The average molecular weight is 164 g/mol. The number of allylic oxidation sites excluding steroid dienone is 1. The number of hydrogen-bond donors (Lipinski definition) is 1. The highest BCUT2D eigenvalue weighted by molar-refractivity contribution is 5.41. The first-order valence-corrected chi connectivity index (χ1v) is 4.05. The minimum Gasteiger partial charge on any atom is -0.278 e. The molecule has 0 saturated heterocycles. The Morgan fingerprint density at radius 3 is 2.50 bits per heavy atom. The van der Waals surface area contributed by atoms with Crippen molar-refractivity contribution >= 4 is 12.7 Å². The summed E-state index contributed by atoms with van der Waals surface area (Å²) >= 11 is 0. The lowest BCUT2D eigenvalue weighted by Gasteiger charge is -1.80. The smallest absolute Gasteiger partial charge is 0.0646 e. The van der Waals surface area contributed by atoms with E-state index in [1.54, 1.807) is 6.20 Å². The van der Waals surface area contributed by atoms with Crippen molar-refractivity contribution in [2.45, 2.75) is 20.8 Å². The second-order valence-corrected chi connectivity index (χ2v) is 2.30. The molecular weight excluding hydrogens is 148 g/mol. The third kappa shape index (κ3) is 3.19. The monoisotopic (exact) mass is 164 g/mol. The summed E-state index contributed by atoms with van der Waals surface area (Å²) in [6, 6.07) is 0. The minimum atomic E-state index is 0.906. The van der Waals surface area contributed by atoms with Crippen molar-refractivity contribution in [2.75, 3.05) is 0 Å². The molecule has 0 radical (unpaired) electrons. The van der Waals surface area contributed by atoms with Crippen molar-refractivity contribution in [1.82, 2.24) is 10.2 Å². The van der Waals surface area contributed by atoms with Crippen LogP contribution in [0.15, 0.2) is 18.3 Å². The largest absolute Gasteiger partial charge is 0.278 e. The fourth-order valence-corrected chi connectivity index (χ4v) is 0.692. The van der Waals surface area contributed by atoms with Gasteiger partial charge < -0.3 is 0 Å². The normalized spacial score (nSPS) is 10.4. The third-order valence-corrected chi connectivity index (χ3v) is 1.14. The van der Waals surface area contributed by atoms with E-state index in [-0.39, 0.29) is 0 Å². The molecule has 1 aromatic heterocycles. The van der Waals surface area contributed by atoms with E-state index < -0.39 is 0 Å². The molecule has 0 aliphatic heterocycles. The Kier molecular flexibility index (Phi) is 4.77. The SMILES string of the molecule is C=C(C)/C=c1/[nH]ncc1=C.CC. The van der Waals surface area contributed by atoms with Crippen LogP contribution in [-0.4, -0.2) is 10.2 Å². The van der Waals surface area contributed by atoms with Crippen LogP contribution in [-0.2, 0) is 0 Å². The number of H-pyrrole nitrogens is 1. The van der Waals surface area contributed by atoms with Crippen LogP contribution in [0.3, 0.4) is 0 Å². The molecule has 0 fully saturated rings. The highest BCUT2D eigenvalue weighted by atomic mass is 15.1. The molecule has 0 bridgehead atoms. The molecule has 1 rings (SSSR count). The molecule has 0 spiro atoms. The molecule has 1 N–H and O–H groups in total. The molecule has 0 aliphatic carbocycles. The van der Waals surface area contributed by atoms with Crippen molar-refractivity contribution in [3.63, 3.8) is 0 Å². The molecule has 0 amide bonds. The van der Waals surface area contributed by atoms with E-state index in [1.165, 1.54) is 0 Å². The topological polar surface area (TPSA) is 28.7 Å². The minimum absolute atomic E-state index is 0.906. The van der Waals surface area contributed by atoms with Crippen molar-refractivity contribution in [2.24, 2.45) is 0 Å². The summed E-state index contributed by atoms with van der Waals surface area (Å²) in [7, 11) is 0. The molecule has 0 unspecified atom stereocenters. The van der Waals surface area contributed by atoms with E-state index in [0.29, 0.717) is 0 Å². The molecule has 66 valence electrons. The maximum Gasteiger partial charge on any atom is 0.0646 e. The van der Waals surface area contributed by atoms with Gasteiger partial charge in [0.15, 0.2) is 0 Å². The van der Waals surface area contributed by atoms with E-state index in [4.69, 9.17) is 0 Å². The van der Waals surface area contributed by atoms with Gasteiger partial charge >= 0.3 is 0 Å². The zero-order chi connectivity index (χ0) is 9.56. The predicted octanol–water partition coefficient (Wildman–Crippen LogP) is 1.20. The number of hydrogen-bond acceptors (Lipinski definition) is 1. The maximum atomic E-state index is 3.81. The third-order valence-electron chi connectivity index (χ3n) is 1.14. The van der Waals surface area contributed by atoms with Gasteiger partial charge in [-0.15, -0.1) is 0 Å². The van der Waals surface area contributed by atoms with Gasteiger partial charge in [0.2, 0.25) is 0 Å². The molecule has 12 heavy (non-hydrogen) atoms. The number of nitrogens with zero attached hydrogens (tertiary/aromatic N) is 1. The van der Waals surface area contributed by atoms with E-state index in [9.17, 15) is 0 Å². The summed E-state index contributed by atoms with van der Waals surface area (Å²) in [5, 5.41) is 8.47. The Morgan fingerprint density at radius 1 is 1.58 bits per heavy atom. The van der Waals surface area contributed by atoms with Crippen LogP contribution in [0.25, 0.3) is 12.7 Å². The van der Waals surface area contributed by atoms with Gasteiger partial charge in [0.25, 0.3) is 0 Å². The van der Waals surface area contributed by atoms with E-state index in [0.717, 1.165) is 16.1 Å². The highest BCUT2D eigenvalue weighted by Gasteiger charge is 1.82. The van der Waals surface area contributed by atoms with Gasteiger partial charge in [-0.25, -0.2) is 0 Å². The fourth-order valence-electron chi connectivity index (χ4n) is 0.692. The summed E-state index contributed by atoms with van der Waals surface area (Å²) in [4.78, 5) is 0. The summed E-state index contributed by atoms with van der Waals surface area (Å²) in [6.07, 6.45) is 3.60. The van der Waals surface area contributed by atoms with Crippen LogP contribution in [0.4, 0.5) is 0 Å². The second-order valence-electron chi connectivity index (χ2n) is 2.30. The lowest BCUT2D eigenvalue weighted by Crippen LogP contribution is -2.20. The first-order valence-electron chi connectivity index (χ1n) is 4.05. The Labute approximate surface area is 73.3 Å². The second kappa shape index (κ2) is 5.35. The van der Waals surface area contributed by atoms with Crippen molar-refractivity contribution in [3.05, 3.63) is 28.9 Å². The van der Waals surface area contributed by atoms with Gasteiger partial charge in [-0.2, -0.15) is 5.10 Å². The molecular formula is C10H16N2. The Hall–Kier alpha value is -1.31. The Bertz CT molecular complexity index is 333. The molecule has 0 saturated carbocycles. The number of nitrogens with one attached hydrogen (secondary N) is 1. The molecule has 2 heteroatoms. The van der Waals surface area contributed by atoms with E-state index in [2.05, 4.69) is 23.4 Å². The molecule has 1 aromatic rings. The van der Waals surface area contributed by atoms with E-state index >= 15 is 0 Å². The zero-order valence-electron chi connectivity index (χ0n) is 8.02. The van der Waals surface area contributed by atoms with Crippen LogP contribution >= 0.6 is 0 Å².